The number of hydrogen-bond donors (Lipinski definition) is 3. The summed E-state index contributed by atoms with van der Waals surface area (Å²) in [6.45, 7) is 0.448. The number of hydrogen-bond acceptors (Lipinski definition) is 3. The van der Waals surface area contributed by atoms with E-state index in [9.17, 15) is 4.79 Å². The number of nitrogens with two attached hydrogens (primary N) is 1. The van der Waals surface area contributed by atoms with Crippen LogP contribution in [0.3, 0.4) is 0 Å². The molecule has 0 spiro atoms. The van der Waals surface area contributed by atoms with Crippen LogP contribution in [0, 0.1) is 0 Å². The predicted molar refractivity (Wildman–Crippen MR) is 80.3 cm³/mol. The zero-order chi connectivity index (χ0) is 14.1. The first kappa shape index (κ1) is 13.2. The Balaban J connectivity index is 1.67. The van der Waals surface area contributed by atoms with E-state index in [4.69, 9.17) is 5.73 Å². The second-order valence-electron chi connectivity index (χ2n) is 4.99. The molecule has 1 aliphatic carbocycles. The van der Waals surface area contributed by atoms with Crippen molar-refractivity contribution in [3.05, 3.63) is 45.7 Å². The lowest BCUT2D eigenvalue weighted by atomic mass is 10.2. The smallest absolute Gasteiger partial charge is 0.274 e. The molecule has 5 nitrogen and oxygen atoms in total. The summed E-state index contributed by atoms with van der Waals surface area (Å²) in [6, 6.07) is 7.79. The molecule has 0 radical (unpaired) electrons. The molecular formula is C14H15BrN4O. The molecule has 1 amide bonds. The Kier molecular flexibility index (Phi) is 3.48. The van der Waals surface area contributed by atoms with Crippen molar-refractivity contribution in [2.24, 2.45) is 0 Å². The van der Waals surface area contributed by atoms with Crippen LogP contribution in [0.5, 0.6) is 0 Å². The quantitative estimate of drug-likeness (QED) is 0.803. The average molecular weight is 335 g/mol. The molecule has 1 saturated carbocycles. The summed E-state index contributed by atoms with van der Waals surface area (Å²) in [6.07, 6.45) is 2.23. The first-order valence-electron chi connectivity index (χ1n) is 6.51. The van der Waals surface area contributed by atoms with Gasteiger partial charge < -0.3 is 11.1 Å². The van der Waals surface area contributed by atoms with Crippen LogP contribution in [0.25, 0.3) is 0 Å². The van der Waals surface area contributed by atoms with Crippen molar-refractivity contribution in [1.82, 2.24) is 15.5 Å². The number of anilines is 1. The molecule has 2 aromatic rings. The number of nitrogen functional groups attached to an aromatic ring is 1. The molecule has 4 N–H and O–H groups in total. The number of aromatic nitrogens is 2. The highest BCUT2D eigenvalue weighted by molar-refractivity contribution is 9.10. The van der Waals surface area contributed by atoms with Gasteiger partial charge in [0.05, 0.1) is 11.4 Å². The van der Waals surface area contributed by atoms with Gasteiger partial charge in [0.2, 0.25) is 0 Å². The van der Waals surface area contributed by atoms with E-state index < -0.39 is 0 Å². The molecule has 20 heavy (non-hydrogen) atoms. The fourth-order valence-electron chi connectivity index (χ4n) is 2.13. The topological polar surface area (TPSA) is 83.8 Å². The van der Waals surface area contributed by atoms with Crippen LogP contribution in [-0.2, 0) is 6.54 Å². The van der Waals surface area contributed by atoms with Gasteiger partial charge in [-0.15, -0.1) is 0 Å². The number of nitrogens with one attached hydrogen (secondary N) is 2. The van der Waals surface area contributed by atoms with Crippen molar-refractivity contribution in [2.75, 3.05) is 5.73 Å². The molecule has 1 fully saturated rings. The number of benzene rings is 1. The molecule has 0 saturated heterocycles. The van der Waals surface area contributed by atoms with Crippen molar-refractivity contribution in [1.29, 1.82) is 0 Å². The van der Waals surface area contributed by atoms with E-state index in [0.29, 0.717) is 23.8 Å². The van der Waals surface area contributed by atoms with E-state index in [1.165, 1.54) is 0 Å². The van der Waals surface area contributed by atoms with E-state index >= 15 is 0 Å². The maximum absolute atomic E-state index is 12.1. The van der Waals surface area contributed by atoms with Gasteiger partial charge in [-0.2, -0.15) is 5.10 Å². The SMILES string of the molecule is Nc1c(C(=O)NCc2cccc(Br)c2)n[nH]c1C1CC1. The number of nitrogens with zero attached hydrogens (tertiary/aromatic N) is 1. The zero-order valence-corrected chi connectivity index (χ0v) is 12.4. The number of aromatic amines is 1. The summed E-state index contributed by atoms with van der Waals surface area (Å²) in [5.74, 6) is 0.208. The van der Waals surface area contributed by atoms with Crippen molar-refractivity contribution >= 4 is 27.5 Å². The van der Waals surface area contributed by atoms with Gasteiger partial charge >= 0.3 is 0 Å². The third-order valence-corrected chi connectivity index (χ3v) is 3.87. The fraction of sp³-hybridized carbons (Fsp3) is 0.286. The molecule has 0 unspecified atom stereocenters. The van der Waals surface area contributed by atoms with Crippen molar-refractivity contribution in [3.8, 4) is 0 Å². The lowest BCUT2D eigenvalue weighted by Crippen LogP contribution is -2.24. The van der Waals surface area contributed by atoms with Gasteiger partial charge in [0.1, 0.15) is 0 Å². The first-order chi connectivity index (χ1) is 9.65. The molecule has 6 heteroatoms. The van der Waals surface area contributed by atoms with E-state index in [1.807, 2.05) is 24.3 Å². The third kappa shape index (κ3) is 2.70. The normalized spacial score (nSPS) is 14.2. The summed E-state index contributed by atoms with van der Waals surface area (Å²) in [7, 11) is 0. The van der Waals surface area contributed by atoms with E-state index in [2.05, 4.69) is 31.4 Å². The van der Waals surface area contributed by atoms with Crippen molar-refractivity contribution < 1.29 is 4.79 Å². The number of rotatable bonds is 4. The van der Waals surface area contributed by atoms with Gasteiger partial charge in [0.15, 0.2) is 5.69 Å². The first-order valence-corrected chi connectivity index (χ1v) is 7.31. The van der Waals surface area contributed by atoms with Crippen LogP contribution < -0.4 is 11.1 Å². The molecular weight excluding hydrogens is 320 g/mol. The van der Waals surface area contributed by atoms with Crippen molar-refractivity contribution in [3.63, 3.8) is 0 Å². The van der Waals surface area contributed by atoms with Gasteiger partial charge in [-0.25, -0.2) is 0 Å². The standard InChI is InChI=1S/C14H15BrN4O/c15-10-3-1-2-8(6-10)7-17-14(20)13-11(16)12(18-19-13)9-4-5-9/h1-3,6,9H,4-5,7,16H2,(H,17,20)(H,18,19). The summed E-state index contributed by atoms with van der Waals surface area (Å²) < 4.78 is 0.986. The van der Waals surface area contributed by atoms with Crippen LogP contribution in [0.15, 0.2) is 28.7 Å². The van der Waals surface area contributed by atoms with Crippen LogP contribution in [0.2, 0.25) is 0 Å². The predicted octanol–water partition coefficient (Wildman–Crippen LogP) is 2.56. The Morgan fingerprint density at radius 1 is 1.50 bits per heavy atom. The maximum Gasteiger partial charge on any atom is 0.274 e. The number of carbonyl (C=O) groups is 1. The van der Waals surface area contributed by atoms with Gasteiger partial charge in [0, 0.05) is 16.9 Å². The van der Waals surface area contributed by atoms with Crippen LogP contribution in [0.4, 0.5) is 5.69 Å². The second-order valence-corrected chi connectivity index (χ2v) is 5.90. The molecule has 1 aliphatic rings. The Bertz CT molecular complexity index is 648. The summed E-state index contributed by atoms with van der Waals surface area (Å²) in [5, 5.41) is 9.75. The minimum absolute atomic E-state index is 0.245. The molecule has 1 aromatic carbocycles. The van der Waals surface area contributed by atoms with E-state index in [0.717, 1.165) is 28.6 Å². The second kappa shape index (κ2) is 5.28. The van der Waals surface area contributed by atoms with Crippen molar-refractivity contribution in [2.45, 2.75) is 25.3 Å². The zero-order valence-electron chi connectivity index (χ0n) is 10.8. The third-order valence-electron chi connectivity index (χ3n) is 3.38. The highest BCUT2D eigenvalue weighted by Crippen LogP contribution is 2.42. The van der Waals surface area contributed by atoms with Gasteiger partial charge in [-0.3, -0.25) is 9.89 Å². The fourth-order valence-corrected chi connectivity index (χ4v) is 2.58. The summed E-state index contributed by atoms with van der Waals surface area (Å²) in [4.78, 5) is 12.1. The van der Waals surface area contributed by atoms with Crippen LogP contribution >= 0.6 is 15.9 Å². The van der Waals surface area contributed by atoms with Gasteiger partial charge in [0.25, 0.3) is 5.91 Å². The number of amides is 1. The van der Waals surface area contributed by atoms with Gasteiger partial charge in [-0.1, -0.05) is 28.1 Å². The highest BCUT2D eigenvalue weighted by Gasteiger charge is 2.30. The van der Waals surface area contributed by atoms with Crippen LogP contribution in [-0.4, -0.2) is 16.1 Å². The Morgan fingerprint density at radius 2 is 2.30 bits per heavy atom. The number of H-pyrrole nitrogens is 1. The lowest BCUT2D eigenvalue weighted by Gasteiger charge is -2.04. The Morgan fingerprint density at radius 3 is 3.00 bits per heavy atom. The van der Waals surface area contributed by atoms with Gasteiger partial charge in [-0.05, 0) is 30.5 Å². The number of halogens is 1. The number of carbonyl (C=O) groups excluding carboxylic acids is 1. The lowest BCUT2D eigenvalue weighted by molar-refractivity contribution is 0.0947. The minimum atomic E-state index is -0.245. The average Bonchev–Trinajstić information content (AvgIpc) is 3.19. The molecule has 0 aliphatic heterocycles. The molecule has 1 heterocycles. The Labute approximate surface area is 125 Å². The molecule has 3 rings (SSSR count). The Hall–Kier alpha value is -1.82. The highest BCUT2D eigenvalue weighted by atomic mass is 79.9. The molecule has 0 bridgehead atoms. The summed E-state index contributed by atoms with van der Waals surface area (Å²) in [5.41, 5.74) is 8.67. The monoisotopic (exact) mass is 334 g/mol. The van der Waals surface area contributed by atoms with Crippen LogP contribution in [0.1, 0.15) is 40.5 Å². The molecule has 104 valence electrons. The summed E-state index contributed by atoms with van der Waals surface area (Å²) >= 11 is 3.40. The molecule has 1 aromatic heterocycles. The van der Waals surface area contributed by atoms with E-state index in [1.54, 1.807) is 0 Å². The van der Waals surface area contributed by atoms with E-state index in [-0.39, 0.29) is 5.91 Å². The minimum Gasteiger partial charge on any atom is -0.395 e. The maximum atomic E-state index is 12.1. The molecule has 0 atom stereocenters. The largest absolute Gasteiger partial charge is 0.395 e.